The van der Waals surface area contributed by atoms with E-state index in [0.717, 1.165) is 11.1 Å². The first kappa shape index (κ1) is 22.2. The Kier molecular flexibility index (Phi) is 9.76. The van der Waals surface area contributed by atoms with Crippen LogP contribution in [-0.2, 0) is 4.79 Å². The molecule has 1 aliphatic rings. The van der Waals surface area contributed by atoms with Crippen molar-refractivity contribution in [1.82, 2.24) is 0 Å². The van der Waals surface area contributed by atoms with E-state index in [1.54, 1.807) is 13.0 Å². The molecule has 0 aromatic rings. The van der Waals surface area contributed by atoms with Crippen LogP contribution in [0.3, 0.4) is 0 Å². The van der Waals surface area contributed by atoms with Crippen LogP contribution in [0.1, 0.15) is 53.9 Å². The van der Waals surface area contributed by atoms with Crippen molar-refractivity contribution >= 4 is 35.5 Å². The standard InChI is InChI=1S/C20H28O2.Na.H/c1-15(8-6-9-16(2)14-19(21)22)11-12-18-17(3)10-7-13-20(18,4)5;;/h6,8-9,11-12,14H,7,10,13H2,1-5H3,(H,21,22);;/b9-6+,12-11+,15-8+,16-14+;;. The molecule has 0 fully saturated rings. The molecule has 2 nitrogen and oxygen atoms in total. The first-order chi connectivity index (χ1) is 10.2. The maximum absolute atomic E-state index is 10.5. The summed E-state index contributed by atoms with van der Waals surface area (Å²) >= 11 is 0. The van der Waals surface area contributed by atoms with Gasteiger partial charge in [-0.05, 0) is 56.6 Å². The zero-order chi connectivity index (χ0) is 16.8. The van der Waals surface area contributed by atoms with E-state index < -0.39 is 5.97 Å². The summed E-state index contributed by atoms with van der Waals surface area (Å²) in [7, 11) is 0. The summed E-state index contributed by atoms with van der Waals surface area (Å²) in [6, 6.07) is 0. The van der Waals surface area contributed by atoms with Crippen LogP contribution in [0.5, 0.6) is 0 Å². The summed E-state index contributed by atoms with van der Waals surface area (Å²) in [6.45, 7) is 10.7. The van der Waals surface area contributed by atoms with E-state index in [-0.39, 0.29) is 35.0 Å². The Morgan fingerprint density at radius 1 is 1.17 bits per heavy atom. The van der Waals surface area contributed by atoms with Gasteiger partial charge in [0, 0.05) is 6.08 Å². The summed E-state index contributed by atoms with van der Waals surface area (Å²) in [6.07, 6.45) is 15.0. The van der Waals surface area contributed by atoms with Crippen molar-refractivity contribution in [3.63, 3.8) is 0 Å². The number of carbonyl (C=O) groups is 1. The van der Waals surface area contributed by atoms with E-state index in [2.05, 4.69) is 39.8 Å². The third kappa shape index (κ3) is 8.01. The van der Waals surface area contributed by atoms with Crippen LogP contribution in [0.25, 0.3) is 0 Å². The second-order valence-corrected chi connectivity index (χ2v) is 6.76. The second kappa shape index (κ2) is 10.1. The molecule has 0 heterocycles. The van der Waals surface area contributed by atoms with E-state index >= 15 is 0 Å². The Balaban J connectivity index is 0.00000484. The van der Waals surface area contributed by atoms with Crippen LogP contribution >= 0.6 is 0 Å². The molecule has 1 aliphatic carbocycles. The minimum atomic E-state index is -0.912. The van der Waals surface area contributed by atoms with Gasteiger partial charge in [0.2, 0.25) is 0 Å². The zero-order valence-electron chi connectivity index (χ0n) is 14.4. The number of hydrogen-bond donors (Lipinski definition) is 1. The Bertz CT molecular complexity index is 572. The fraction of sp³-hybridized carbons (Fsp3) is 0.450. The molecular formula is C20H29NaO2. The molecule has 0 saturated carbocycles. The molecule has 0 aliphatic heterocycles. The summed E-state index contributed by atoms with van der Waals surface area (Å²) in [5.41, 5.74) is 5.09. The fourth-order valence-electron chi connectivity index (χ4n) is 2.88. The molecule has 0 aromatic heterocycles. The van der Waals surface area contributed by atoms with Crippen LogP contribution in [0.15, 0.2) is 58.7 Å². The van der Waals surface area contributed by atoms with Gasteiger partial charge < -0.3 is 5.11 Å². The molecule has 0 unspecified atom stereocenters. The number of aliphatic carboxylic acids is 1. The van der Waals surface area contributed by atoms with E-state index in [0.29, 0.717) is 0 Å². The maximum atomic E-state index is 10.5. The fourth-order valence-corrected chi connectivity index (χ4v) is 2.88. The van der Waals surface area contributed by atoms with Crippen molar-refractivity contribution in [2.45, 2.75) is 53.9 Å². The van der Waals surface area contributed by atoms with Crippen LogP contribution in [-0.4, -0.2) is 40.6 Å². The molecule has 0 bridgehead atoms. The molecule has 0 saturated heterocycles. The minimum absolute atomic E-state index is 0. The van der Waals surface area contributed by atoms with Gasteiger partial charge in [0.25, 0.3) is 0 Å². The van der Waals surface area contributed by atoms with Crippen molar-refractivity contribution < 1.29 is 9.90 Å². The predicted molar refractivity (Wildman–Crippen MR) is 101 cm³/mol. The van der Waals surface area contributed by atoms with E-state index in [1.807, 2.05) is 12.2 Å². The zero-order valence-corrected chi connectivity index (χ0v) is 14.4. The molecule has 23 heavy (non-hydrogen) atoms. The van der Waals surface area contributed by atoms with Gasteiger partial charge in [0.05, 0.1) is 0 Å². The Morgan fingerprint density at radius 3 is 2.39 bits per heavy atom. The Morgan fingerprint density at radius 2 is 1.83 bits per heavy atom. The monoisotopic (exact) mass is 324 g/mol. The van der Waals surface area contributed by atoms with Crippen molar-refractivity contribution in [2.24, 2.45) is 5.41 Å². The molecule has 3 heteroatoms. The quantitative estimate of drug-likeness (QED) is 0.441. The molecular weight excluding hydrogens is 295 g/mol. The SMILES string of the molecule is CC1=C(/C=C/C(C)=C/C=C/C(C)=C/C(=O)O)C(C)(C)CCC1.[NaH]. The Hall–Kier alpha value is -0.830. The molecule has 0 amide bonds. The van der Waals surface area contributed by atoms with Crippen molar-refractivity contribution in [3.8, 4) is 0 Å². The van der Waals surface area contributed by atoms with Gasteiger partial charge in [-0.25, -0.2) is 4.79 Å². The van der Waals surface area contributed by atoms with Gasteiger partial charge in [-0.2, -0.15) is 0 Å². The summed E-state index contributed by atoms with van der Waals surface area (Å²) in [4.78, 5) is 10.5. The van der Waals surface area contributed by atoms with Crippen molar-refractivity contribution in [3.05, 3.63) is 58.7 Å². The third-order valence-electron chi connectivity index (χ3n) is 4.12. The van der Waals surface area contributed by atoms with Gasteiger partial charge in [0.1, 0.15) is 0 Å². The van der Waals surface area contributed by atoms with E-state index in [9.17, 15) is 4.79 Å². The van der Waals surface area contributed by atoms with E-state index in [4.69, 9.17) is 5.11 Å². The number of carboxylic acids is 1. The van der Waals surface area contributed by atoms with Gasteiger partial charge in [-0.1, -0.05) is 55.4 Å². The number of carboxylic acid groups (broad SMARTS) is 1. The summed E-state index contributed by atoms with van der Waals surface area (Å²) in [5.74, 6) is -0.912. The van der Waals surface area contributed by atoms with E-state index in [1.165, 1.54) is 36.5 Å². The molecule has 1 rings (SSSR count). The molecule has 0 spiro atoms. The van der Waals surface area contributed by atoms with Gasteiger partial charge >= 0.3 is 35.5 Å². The molecule has 1 N–H and O–H groups in total. The van der Waals surface area contributed by atoms with Crippen molar-refractivity contribution in [2.75, 3.05) is 0 Å². The average molecular weight is 324 g/mol. The summed E-state index contributed by atoms with van der Waals surface area (Å²) in [5, 5.41) is 8.65. The van der Waals surface area contributed by atoms with Crippen LogP contribution in [0, 0.1) is 5.41 Å². The normalized spacial score (nSPS) is 19.3. The number of rotatable bonds is 5. The molecule has 0 radical (unpaired) electrons. The van der Waals surface area contributed by atoms with Crippen LogP contribution in [0.4, 0.5) is 0 Å². The van der Waals surface area contributed by atoms with Gasteiger partial charge in [0.15, 0.2) is 0 Å². The number of hydrogen-bond acceptors (Lipinski definition) is 1. The van der Waals surface area contributed by atoms with Crippen molar-refractivity contribution in [1.29, 1.82) is 0 Å². The Labute approximate surface area is 163 Å². The second-order valence-electron chi connectivity index (χ2n) is 6.76. The predicted octanol–water partition coefficient (Wildman–Crippen LogP) is 4.95. The van der Waals surface area contributed by atoms with Crippen LogP contribution < -0.4 is 0 Å². The molecule has 0 atom stereocenters. The first-order valence-electron chi connectivity index (χ1n) is 7.87. The topological polar surface area (TPSA) is 37.3 Å². The third-order valence-corrected chi connectivity index (χ3v) is 4.12. The van der Waals surface area contributed by atoms with Crippen LogP contribution in [0.2, 0.25) is 0 Å². The molecule has 122 valence electrons. The average Bonchev–Trinajstić information content (AvgIpc) is 2.36. The van der Waals surface area contributed by atoms with Gasteiger partial charge in [-0.3, -0.25) is 0 Å². The molecule has 0 aromatic carbocycles. The first-order valence-corrected chi connectivity index (χ1v) is 7.87. The number of allylic oxidation sites excluding steroid dienone is 9. The summed E-state index contributed by atoms with van der Waals surface area (Å²) < 4.78 is 0. The van der Waals surface area contributed by atoms with Gasteiger partial charge in [-0.15, -0.1) is 0 Å².